The molecule has 2 aromatic carbocycles. The number of imidazole rings is 1. The standard InChI is InChI=1S/C18H21N3O2S/c1-4-21(13-15-8-6-5-7-9-15)24(22,23)16-10-11-18-17(12-16)19-14(2)20(18)3/h5-12H,4,13H2,1-3H3. The third-order valence-corrected chi connectivity index (χ3v) is 6.18. The van der Waals surface area contributed by atoms with E-state index in [2.05, 4.69) is 4.98 Å². The Bertz CT molecular complexity index is 963. The largest absolute Gasteiger partial charge is 0.331 e. The summed E-state index contributed by atoms with van der Waals surface area (Å²) in [5.41, 5.74) is 2.60. The van der Waals surface area contributed by atoms with Gasteiger partial charge in [-0.2, -0.15) is 4.31 Å². The molecule has 0 atom stereocenters. The van der Waals surface area contributed by atoms with Gasteiger partial charge < -0.3 is 4.57 Å². The van der Waals surface area contributed by atoms with Crippen LogP contribution in [0.4, 0.5) is 0 Å². The molecule has 0 fully saturated rings. The van der Waals surface area contributed by atoms with Crippen molar-refractivity contribution in [1.29, 1.82) is 0 Å². The third kappa shape index (κ3) is 2.95. The lowest BCUT2D eigenvalue weighted by molar-refractivity contribution is 0.423. The van der Waals surface area contributed by atoms with E-state index in [0.29, 0.717) is 18.6 Å². The Balaban J connectivity index is 1.99. The Morgan fingerprint density at radius 2 is 1.83 bits per heavy atom. The minimum Gasteiger partial charge on any atom is -0.331 e. The fraction of sp³-hybridized carbons (Fsp3) is 0.278. The summed E-state index contributed by atoms with van der Waals surface area (Å²) in [6.45, 7) is 4.53. The Morgan fingerprint density at radius 1 is 1.12 bits per heavy atom. The summed E-state index contributed by atoms with van der Waals surface area (Å²) in [5, 5.41) is 0. The molecule has 0 aliphatic rings. The van der Waals surface area contributed by atoms with Crippen molar-refractivity contribution in [1.82, 2.24) is 13.9 Å². The van der Waals surface area contributed by atoms with Gasteiger partial charge in [-0.1, -0.05) is 37.3 Å². The zero-order chi connectivity index (χ0) is 17.3. The number of fused-ring (bicyclic) bond motifs is 1. The lowest BCUT2D eigenvalue weighted by Gasteiger charge is -2.20. The van der Waals surface area contributed by atoms with Gasteiger partial charge in [-0.25, -0.2) is 13.4 Å². The van der Waals surface area contributed by atoms with E-state index < -0.39 is 10.0 Å². The highest BCUT2D eigenvalue weighted by molar-refractivity contribution is 7.89. The fourth-order valence-electron chi connectivity index (χ4n) is 2.76. The minimum absolute atomic E-state index is 0.283. The highest BCUT2D eigenvalue weighted by Gasteiger charge is 2.24. The van der Waals surface area contributed by atoms with E-state index in [1.54, 1.807) is 12.1 Å². The van der Waals surface area contributed by atoms with Crippen LogP contribution in [-0.2, 0) is 23.6 Å². The van der Waals surface area contributed by atoms with Gasteiger partial charge in [0.25, 0.3) is 0 Å². The van der Waals surface area contributed by atoms with Crippen molar-refractivity contribution in [3.63, 3.8) is 0 Å². The number of sulfonamides is 1. The van der Waals surface area contributed by atoms with Crippen molar-refractivity contribution in [2.75, 3.05) is 6.54 Å². The molecule has 0 aliphatic heterocycles. The molecular weight excluding hydrogens is 322 g/mol. The number of aryl methyl sites for hydroxylation is 2. The van der Waals surface area contributed by atoms with E-state index in [9.17, 15) is 8.42 Å². The minimum atomic E-state index is -3.56. The number of hydrogen-bond donors (Lipinski definition) is 0. The molecule has 0 saturated heterocycles. The number of hydrogen-bond acceptors (Lipinski definition) is 3. The van der Waals surface area contributed by atoms with Crippen molar-refractivity contribution in [3.8, 4) is 0 Å². The lowest BCUT2D eigenvalue weighted by Crippen LogP contribution is -2.30. The third-order valence-electron chi connectivity index (χ3n) is 4.27. The van der Waals surface area contributed by atoms with Gasteiger partial charge in [0.2, 0.25) is 10.0 Å². The summed E-state index contributed by atoms with van der Waals surface area (Å²) in [4.78, 5) is 4.72. The molecule has 1 heterocycles. The summed E-state index contributed by atoms with van der Waals surface area (Å²) in [7, 11) is -1.64. The van der Waals surface area contributed by atoms with Crippen molar-refractivity contribution in [2.45, 2.75) is 25.3 Å². The van der Waals surface area contributed by atoms with Crippen LogP contribution in [0.1, 0.15) is 18.3 Å². The smallest absolute Gasteiger partial charge is 0.243 e. The summed E-state index contributed by atoms with van der Waals surface area (Å²) in [6.07, 6.45) is 0. The number of aromatic nitrogens is 2. The van der Waals surface area contributed by atoms with E-state index in [1.807, 2.05) is 61.9 Å². The van der Waals surface area contributed by atoms with Crippen LogP contribution in [0.25, 0.3) is 11.0 Å². The van der Waals surface area contributed by atoms with Gasteiger partial charge in [0.15, 0.2) is 0 Å². The number of benzene rings is 2. The Morgan fingerprint density at radius 3 is 2.50 bits per heavy atom. The maximum Gasteiger partial charge on any atom is 0.243 e. The summed E-state index contributed by atoms with van der Waals surface area (Å²) in [5.74, 6) is 0.858. The van der Waals surface area contributed by atoms with Gasteiger partial charge in [-0.15, -0.1) is 0 Å². The molecule has 0 bridgehead atoms. The molecule has 5 nitrogen and oxygen atoms in total. The second-order valence-electron chi connectivity index (χ2n) is 5.79. The Kier molecular flexibility index (Phi) is 4.43. The Hall–Kier alpha value is -2.18. The summed E-state index contributed by atoms with van der Waals surface area (Å²) < 4.78 is 29.4. The van der Waals surface area contributed by atoms with E-state index >= 15 is 0 Å². The van der Waals surface area contributed by atoms with Crippen molar-refractivity contribution >= 4 is 21.1 Å². The molecule has 6 heteroatoms. The zero-order valence-corrected chi connectivity index (χ0v) is 14.9. The predicted octanol–water partition coefficient (Wildman–Crippen LogP) is 3.09. The summed E-state index contributed by atoms with van der Waals surface area (Å²) >= 11 is 0. The van der Waals surface area contributed by atoms with Gasteiger partial charge in [-0.3, -0.25) is 0 Å². The van der Waals surface area contributed by atoms with Crippen LogP contribution >= 0.6 is 0 Å². The summed E-state index contributed by atoms with van der Waals surface area (Å²) in [6, 6.07) is 14.8. The lowest BCUT2D eigenvalue weighted by atomic mass is 10.2. The van der Waals surface area contributed by atoms with Crippen LogP contribution in [0.2, 0.25) is 0 Å². The maximum absolute atomic E-state index is 13.0. The SMILES string of the molecule is CCN(Cc1ccccc1)S(=O)(=O)c1ccc2c(c1)nc(C)n2C. The quantitative estimate of drug-likeness (QED) is 0.715. The molecule has 0 unspecified atom stereocenters. The van der Waals surface area contributed by atoms with Gasteiger partial charge >= 0.3 is 0 Å². The first-order valence-electron chi connectivity index (χ1n) is 7.90. The molecule has 0 spiro atoms. The van der Waals surface area contributed by atoms with E-state index in [1.165, 1.54) is 4.31 Å². The number of nitrogens with zero attached hydrogens (tertiary/aromatic N) is 3. The Labute approximate surface area is 142 Å². The van der Waals surface area contributed by atoms with Crippen LogP contribution in [0.15, 0.2) is 53.4 Å². The molecule has 0 amide bonds. The van der Waals surface area contributed by atoms with Crippen LogP contribution in [0.3, 0.4) is 0 Å². The highest BCUT2D eigenvalue weighted by atomic mass is 32.2. The molecule has 126 valence electrons. The monoisotopic (exact) mass is 343 g/mol. The van der Waals surface area contributed by atoms with Gasteiger partial charge in [0.05, 0.1) is 15.9 Å². The van der Waals surface area contributed by atoms with E-state index in [0.717, 1.165) is 16.9 Å². The molecule has 1 aromatic heterocycles. The van der Waals surface area contributed by atoms with Gasteiger partial charge in [0.1, 0.15) is 5.82 Å². The molecule has 0 radical (unpaired) electrons. The molecule has 0 N–H and O–H groups in total. The second-order valence-corrected chi connectivity index (χ2v) is 7.72. The first-order valence-corrected chi connectivity index (χ1v) is 9.34. The van der Waals surface area contributed by atoms with Crippen molar-refractivity contribution in [2.24, 2.45) is 7.05 Å². The van der Waals surface area contributed by atoms with Gasteiger partial charge in [-0.05, 0) is 30.7 Å². The van der Waals surface area contributed by atoms with Crippen molar-refractivity contribution < 1.29 is 8.42 Å². The zero-order valence-electron chi connectivity index (χ0n) is 14.1. The van der Waals surface area contributed by atoms with Crippen LogP contribution in [0, 0.1) is 6.92 Å². The fourth-order valence-corrected chi connectivity index (χ4v) is 4.22. The molecule has 0 aliphatic carbocycles. The topological polar surface area (TPSA) is 55.2 Å². The average molecular weight is 343 g/mol. The number of rotatable bonds is 5. The molecule has 3 rings (SSSR count). The predicted molar refractivity (Wildman–Crippen MR) is 95.2 cm³/mol. The first kappa shape index (κ1) is 16.7. The first-order chi connectivity index (χ1) is 11.4. The van der Waals surface area contributed by atoms with E-state index in [-0.39, 0.29) is 4.90 Å². The second kappa shape index (κ2) is 6.37. The molecule has 3 aromatic rings. The maximum atomic E-state index is 13.0. The van der Waals surface area contributed by atoms with Gasteiger partial charge in [0, 0.05) is 20.1 Å². The molecule has 0 saturated carbocycles. The van der Waals surface area contributed by atoms with Crippen LogP contribution < -0.4 is 0 Å². The molecule has 24 heavy (non-hydrogen) atoms. The molecular formula is C18H21N3O2S. The van der Waals surface area contributed by atoms with Crippen LogP contribution in [0.5, 0.6) is 0 Å². The normalized spacial score (nSPS) is 12.2. The van der Waals surface area contributed by atoms with E-state index in [4.69, 9.17) is 0 Å². The van der Waals surface area contributed by atoms with Crippen molar-refractivity contribution in [3.05, 3.63) is 59.9 Å². The average Bonchev–Trinajstić information content (AvgIpc) is 2.87. The highest BCUT2D eigenvalue weighted by Crippen LogP contribution is 2.23. The van der Waals surface area contributed by atoms with Crippen LogP contribution in [-0.4, -0.2) is 28.8 Å².